The third kappa shape index (κ3) is 3.00. The van der Waals surface area contributed by atoms with Gasteiger partial charge in [0.1, 0.15) is 11.6 Å². The van der Waals surface area contributed by atoms with Crippen molar-refractivity contribution >= 4 is 28.9 Å². The fourth-order valence-corrected chi connectivity index (χ4v) is 3.29. The van der Waals surface area contributed by atoms with Crippen molar-refractivity contribution in [3.05, 3.63) is 34.0 Å². The number of aromatic hydroxyl groups is 1. The molecule has 2 aliphatic heterocycles. The number of thioether (sulfide) groups is 1. The van der Waals surface area contributed by atoms with Crippen molar-refractivity contribution in [2.24, 2.45) is 4.99 Å². The first-order chi connectivity index (χ1) is 10.5. The minimum atomic E-state index is -0.448. The number of carbonyl (C=O) groups excluding carboxylic acids is 1. The van der Waals surface area contributed by atoms with Crippen LogP contribution in [0.15, 0.2) is 22.0 Å². The molecule has 0 saturated carbocycles. The topological polar surface area (TPSA) is 64.9 Å². The van der Waals surface area contributed by atoms with Crippen LogP contribution in [-0.2, 0) is 4.79 Å². The minimum Gasteiger partial charge on any atom is -0.507 e. The van der Waals surface area contributed by atoms with Crippen LogP contribution >= 0.6 is 11.8 Å². The monoisotopic (exact) mass is 321 g/mol. The Kier molecular flexibility index (Phi) is 4.17. The molecule has 1 saturated heterocycles. The van der Waals surface area contributed by atoms with Crippen LogP contribution in [0.2, 0.25) is 0 Å². The van der Waals surface area contributed by atoms with E-state index in [2.05, 4.69) is 10.4 Å². The van der Waals surface area contributed by atoms with Crippen LogP contribution in [-0.4, -0.2) is 34.3 Å². The fraction of sp³-hybridized carbons (Fsp3) is 0.333. The Morgan fingerprint density at radius 1 is 1.45 bits per heavy atom. The second kappa shape index (κ2) is 6.10. The molecule has 2 N–H and O–H groups in total. The van der Waals surface area contributed by atoms with Gasteiger partial charge in [0, 0.05) is 18.7 Å². The van der Waals surface area contributed by atoms with E-state index in [0.717, 1.165) is 25.9 Å². The SMILES string of the molecule is Cc1cc(F)cc(/C=C2\SC(N3CCCCN3)=NC2=O)c1O. The summed E-state index contributed by atoms with van der Waals surface area (Å²) in [4.78, 5) is 16.4. The summed E-state index contributed by atoms with van der Waals surface area (Å²) in [6.07, 6.45) is 3.63. The van der Waals surface area contributed by atoms with Crippen molar-refractivity contribution in [1.29, 1.82) is 0 Å². The number of nitrogens with zero attached hydrogens (tertiary/aromatic N) is 2. The quantitative estimate of drug-likeness (QED) is 0.778. The molecular weight excluding hydrogens is 305 g/mol. The molecule has 0 aromatic heterocycles. The number of amides is 1. The first-order valence-electron chi connectivity index (χ1n) is 7.07. The Bertz CT molecular complexity index is 682. The van der Waals surface area contributed by atoms with Crippen LogP contribution in [0.3, 0.4) is 0 Å². The van der Waals surface area contributed by atoms with Crippen molar-refractivity contribution in [3.8, 4) is 5.75 Å². The van der Waals surface area contributed by atoms with Crippen molar-refractivity contribution in [1.82, 2.24) is 10.4 Å². The van der Waals surface area contributed by atoms with E-state index in [4.69, 9.17) is 0 Å². The highest BCUT2D eigenvalue weighted by molar-refractivity contribution is 8.18. The summed E-state index contributed by atoms with van der Waals surface area (Å²) >= 11 is 1.23. The van der Waals surface area contributed by atoms with Crippen LogP contribution in [0.25, 0.3) is 6.08 Å². The molecule has 116 valence electrons. The molecule has 3 rings (SSSR count). The molecule has 0 spiro atoms. The summed E-state index contributed by atoms with van der Waals surface area (Å²) in [6, 6.07) is 2.46. The zero-order valence-corrected chi connectivity index (χ0v) is 12.9. The molecule has 0 aliphatic carbocycles. The van der Waals surface area contributed by atoms with Crippen molar-refractivity contribution in [3.63, 3.8) is 0 Å². The highest BCUT2D eigenvalue weighted by Crippen LogP contribution is 2.33. The average molecular weight is 321 g/mol. The Labute approximate surface area is 131 Å². The molecule has 1 aromatic rings. The molecule has 22 heavy (non-hydrogen) atoms. The molecule has 7 heteroatoms. The normalized spacial score (nSPS) is 20.6. The number of hydrogen-bond donors (Lipinski definition) is 2. The van der Waals surface area contributed by atoms with Gasteiger partial charge in [0.15, 0.2) is 5.17 Å². The van der Waals surface area contributed by atoms with E-state index < -0.39 is 5.82 Å². The second-order valence-electron chi connectivity index (χ2n) is 5.24. The highest BCUT2D eigenvalue weighted by Gasteiger charge is 2.27. The summed E-state index contributed by atoms with van der Waals surface area (Å²) in [7, 11) is 0. The lowest BCUT2D eigenvalue weighted by Gasteiger charge is -2.28. The lowest BCUT2D eigenvalue weighted by molar-refractivity contribution is -0.113. The van der Waals surface area contributed by atoms with Gasteiger partial charge in [-0.3, -0.25) is 9.80 Å². The Morgan fingerprint density at radius 3 is 3.00 bits per heavy atom. The fourth-order valence-electron chi connectivity index (χ4n) is 2.38. The van der Waals surface area contributed by atoms with Gasteiger partial charge in [-0.1, -0.05) is 0 Å². The number of hydrogen-bond acceptors (Lipinski definition) is 5. The van der Waals surface area contributed by atoms with E-state index in [-0.39, 0.29) is 17.2 Å². The van der Waals surface area contributed by atoms with E-state index in [9.17, 15) is 14.3 Å². The summed E-state index contributed by atoms with van der Waals surface area (Å²) in [5, 5.41) is 12.5. The highest BCUT2D eigenvalue weighted by atomic mass is 32.2. The van der Waals surface area contributed by atoms with Gasteiger partial charge in [0.2, 0.25) is 0 Å². The van der Waals surface area contributed by atoms with E-state index in [0.29, 0.717) is 15.6 Å². The molecule has 1 fully saturated rings. The van der Waals surface area contributed by atoms with E-state index in [1.54, 1.807) is 6.92 Å². The minimum absolute atomic E-state index is 0.0214. The number of phenolic OH excluding ortho intramolecular Hbond substituents is 1. The lowest BCUT2D eigenvalue weighted by atomic mass is 10.1. The summed E-state index contributed by atoms with van der Waals surface area (Å²) in [6.45, 7) is 3.27. The second-order valence-corrected chi connectivity index (χ2v) is 6.25. The number of carbonyl (C=O) groups is 1. The maximum Gasteiger partial charge on any atom is 0.286 e. The molecule has 1 amide bonds. The smallest absolute Gasteiger partial charge is 0.286 e. The zero-order valence-electron chi connectivity index (χ0n) is 12.1. The van der Waals surface area contributed by atoms with E-state index >= 15 is 0 Å². The average Bonchev–Trinajstić information content (AvgIpc) is 2.86. The summed E-state index contributed by atoms with van der Waals surface area (Å²) < 4.78 is 13.5. The van der Waals surface area contributed by atoms with E-state index in [1.807, 2.05) is 5.01 Å². The third-order valence-electron chi connectivity index (χ3n) is 3.53. The lowest BCUT2D eigenvalue weighted by Crippen LogP contribution is -2.45. The van der Waals surface area contributed by atoms with Crippen LogP contribution < -0.4 is 5.43 Å². The molecule has 5 nitrogen and oxygen atoms in total. The molecule has 0 unspecified atom stereocenters. The zero-order chi connectivity index (χ0) is 15.7. The van der Waals surface area contributed by atoms with Gasteiger partial charge in [-0.15, -0.1) is 0 Å². The summed E-state index contributed by atoms with van der Waals surface area (Å²) in [5.41, 5.74) is 3.91. The van der Waals surface area contributed by atoms with Crippen molar-refractivity contribution in [2.45, 2.75) is 19.8 Å². The number of amidine groups is 1. The number of benzene rings is 1. The van der Waals surface area contributed by atoms with Gasteiger partial charge in [0.25, 0.3) is 5.91 Å². The van der Waals surface area contributed by atoms with Crippen LogP contribution in [0, 0.1) is 12.7 Å². The Hall–Kier alpha value is -1.86. The molecular formula is C15H16FN3O2S. The first-order valence-corrected chi connectivity index (χ1v) is 7.89. The van der Waals surface area contributed by atoms with Crippen molar-refractivity contribution < 1.29 is 14.3 Å². The number of aryl methyl sites for hydroxylation is 1. The largest absolute Gasteiger partial charge is 0.507 e. The molecule has 0 bridgehead atoms. The predicted molar refractivity (Wildman–Crippen MR) is 84.8 cm³/mol. The van der Waals surface area contributed by atoms with Crippen LogP contribution in [0.1, 0.15) is 24.0 Å². The number of hydrazine groups is 1. The first kappa shape index (κ1) is 15.1. The van der Waals surface area contributed by atoms with Crippen LogP contribution in [0.5, 0.6) is 5.75 Å². The van der Waals surface area contributed by atoms with Crippen LogP contribution in [0.4, 0.5) is 4.39 Å². The number of rotatable bonds is 1. The molecule has 2 aliphatic rings. The molecule has 1 aromatic carbocycles. The van der Waals surface area contributed by atoms with E-state index in [1.165, 1.54) is 30.0 Å². The third-order valence-corrected chi connectivity index (χ3v) is 4.54. The Morgan fingerprint density at radius 2 is 2.27 bits per heavy atom. The van der Waals surface area contributed by atoms with Gasteiger partial charge in [-0.05, 0) is 55.3 Å². The molecule has 0 radical (unpaired) electrons. The number of phenols is 1. The number of halogens is 1. The molecule has 0 atom stereocenters. The van der Waals surface area contributed by atoms with Gasteiger partial charge < -0.3 is 5.11 Å². The Balaban J connectivity index is 1.84. The number of nitrogens with one attached hydrogen (secondary N) is 1. The van der Waals surface area contributed by atoms with Gasteiger partial charge >= 0.3 is 0 Å². The molecule has 2 heterocycles. The van der Waals surface area contributed by atoms with Gasteiger partial charge in [-0.25, -0.2) is 9.82 Å². The maximum atomic E-state index is 13.5. The summed E-state index contributed by atoms with van der Waals surface area (Å²) in [5.74, 6) is -0.836. The van der Waals surface area contributed by atoms with Crippen molar-refractivity contribution in [2.75, 3.05) is 13.1 Å². The predicted octanol–water partition coefficient (Wildman–Crippen LogP) is 2.41. The maximum absolute atomic E-state index is 13.5. The van der Waals surface area contributed by atoms with Gasteiger partial charge in [0.05, 0.1) is 4.91 Å². The van der Waals surface area contributed by atoms with Gasteiger partial charge in [-0.2, -0.15) is 4.99 Å². The standard InChI is InChI=1S/C15H16FN3O2S/c1-9-6-11(16)7-10(13(9)20)8-12-14(21)18-15(22-12)19-5-3-2-4-17-19/h6-8,17,20H,2-5H2,1H3/b12-8-. The number of aliphatic imine (C=N–C) groups is 1.